The molecule has 0 spiro atoms. The molecular weight excluding hydrogens is 536 g/mol. The summed E-state index contributed by atoms with van der Waals surface area (Å²) in [6.07, 6.45) is 9.10. The highest BCUT2D eigenvalue weighted by molar-refractivity contribution is 8.13. The molecule has 5 rings (SSSR count). The van der Waals surface area contributed by atoms with Gasteiger partial charge in [0.15, 0.2) is 5.17 Å². The van der Waals surface area contributed by atoms with Crippen LogP contribution in [0.3, 0.4) is 0 Å². The van der Waals surface area contributed by atoms with Crippen LogP contribution in [-0.2, 0) is 0 Å². The van der Waals surface area contributed by atoms with Gasteiger partial charge < -0.3 is 26.9 Å². The third-order valence-electron chi connectivity index (χ3n) is 8.52. The Morgan fingerprint density at radius 1 is 1.29 bits per heavy atom. The minimum Gasteiger partial charge on any atom is -0.396 e. The monoisotopic (exact) mass is 580 g/mol. The fourth-order valence-electron chi connectivity index (χ4n) is 6.39. The molecule has 0 saturated carbocycles. The number of H-pyrrole nitrogens is 1. The number of thioether (sulfide) groups is 1. The first-order chi connectivity index (χ1) is 19.8. The highest BCUT2D eigenvalue weighted by Crippen LogP contribution is 2.36. The molecule has 2 aliphatic heterocycles. The van der Waals surface area contributed by atoms with E-state index in [9.17, 15) is 9.90 Å². The van der Waals surface area contributed by atoms with E-state index in [1.54, 1.807) is 4.57 Å². The van der Waals surface area contributed by atoms with E-state index in [1.165, 1.54) is 17.3 Å². The van der Waals surface area contributed by atoms with Gasteiger partial charge in [-0.05, 0) is 81.7 Å². The van der Waals surface area contributed by atoms with Crippen LogP contribution in [0.2, 0.25) is 0 Å². The summed E-state index contributed by atoms with van der Waals surface area (Å²) >= 11 is 1.40. The second kappa shape index (κ2) is 13.5. The van der Waals surface area contributed by atoms with Crippen LogP contribution in [0.5, 0.6) is 0 Å². The number of aromatic nitrogens is 3. The Kier molecular flexibility index (Phi) is 9.82. The Bertz CT molecular complexity index is 1370. The summed E-state index contributed by atoms with van der Waals surface area (Å²) in [5.41, 5.74) is 14.8. The summed E-state index contributed by atoms with van der Waals surface area (Å²) < 4.78 is 1.62. The Hall–Kier alpha value is -2.70. The minimum atomic E-state index is -0.314. The van der Waals surface area contributed by atoms with Crippen LogP contribution in [-0.4, -0.2) is 67.2 Å². The van der Waals surface area contributed by atoms with E-state index in [0.717, 1.165) is 80.6 Å². The van der Waals surface area contributed by atoms with Crippen LogP contribution in [0, 0.1) is 11.3 Å². The number of likely N-dealkylation sites (tertiary alicyclic amines) is 1. The number of aliphatic hydroxyl groups excluding tert-OH is 1. The highest BCUT2D eigenvalue weighted by Gasteiger charge is 2.33. The van der Waals surface area contributed by atoms with E-state index in [0.29, 0.717) is 11.7 Å². The second-order valence-electron chi connectivity index (χ2n) is 11.8. The van der Waals surface area contributed by atoms with Gasteiger partial charge in [0.05, 0.1) is 11.7 Å². The number of amidine groups is 1. The summed E-state index contributed by atoms with van der Waals surface area (Å²) in [5.74, 6) is 1.09. The summed E-state index contributed by atoms with van der Waals surface area (Å²) in [6.45, 7) is 4.00. The van der Waals surface area contributed by atoms with E-state index >= 15 is 0 Å². The van der Waals surface area contributed by atoms with Gasteiger partial charge in [-0.2, -0.15) is 4.98 Å². The molecule has 3 aromatic rings. The topological polar surface area (TPSA) is 162 Å². The molecule has 11 heteroatoms. The third-order valence-corrected chi connectivity index (χ3v) is 9.27. The van der Waals surface area contributed by atoms with Crippen molar-refractivity contribution in [2.75, 3.05) is 25.4 Å². The third kappa shape index (κ3) is 7.39. The van der Waals surface area contributed by atoms with Crippen molar-refractivity contribution in [3.63, 3.8) is 0 Å². The number of hydrogen-bond acceptors (Lipinski definition) is 8. The number of aromatic amines is 1. The molecule has 4 heterocycles. The lowest BCUT2D eigenvalue weighted by atomic mass is 9.92. The molecule has 2 fully saturated rings. The first-order valence-corrected chi connectivity index (χ1v) is 15.8. The Labute approximate surface area is 245 Å². The molecule has 0 unspecified atom stereocenters. The number of rotatable bonds is 11. The molecule has 10 nitrogen and oxygen atoms in total. The standard InChI is InChI=1S/C30H44N8O2S/c1-19(31)4-3-12-37-16-20(18-39)14-27(37)26-15-22-17-38(30(40)36-28(22)35-26)24-9-7-21(8-10-24)25-6-2-5-23(34-25)11-13-41-29(32)33/h7-10,15,17,19-20,23,25,27,34,39H,2-6,11-14,16,18,31H2,1H3,(H3,32,33)(H,35,36,40)/t19-,20-,23+,25+,27+/m1/s1. The van der Waals surface area contributed by atoms with Crippen LogP contribution in [0.1, 0.15) is 75.2 Å². The number of aliphatic hydroxyl groups is 1. The highest BCUT2D eigenvalue weighted by atomic mass is 32.2. The number of fused-ring (bicyclic) bond motifs is 1. The number of nitrogens with one attached hydrogen (secondary N) is 3. The van der Waals surface area contributed by atoms with E-state index in [1.807, 2.05) is 25.3 Å². The molecule has 2 aromatic heterocycles. The fraction of sp³-hybridized carbons (Fsp3) is 0.567. The molecule has 222 valence electrons. The van der Waals surface area contributed by atoms with Gasteiger partial charge in [-0.3, -0.25) is 14.9 Å². The van der Waals surface area contributed by atoms with Gasteiger partial charge in [0.2, 0.25) is 0 Å². The Morgan fingerprint density at radius 2 is 2.10 bits per heavy atom. The maximum atomic E-state index is 13.0. The molecule has 5 atom stereocenters. The number of benzene rings is 1. The zero-order valence-corrected chi connectivity index (χ0v) is 24.7. The Balaban J connectivity index is 1.30. The number of hydrogen-bond donors (Lipinski definition) is 6. The molecule has 2 saturated heterocycles. The normalized spacial score (nSPS) is 24.2. The molecule has 0 aliphatic carbocycles. The largest absolute Gasteiger partial charge is 0.396 e. The molecule has 0 radical (unpaired) electrons. The summed E-state index contributed by atoms with van der Waals surface area (Å²) in [6, 6.07) is 11.3. The predicted octanol–water partition coefficient (Wildman–Crippen LogP) is 3.40. The molecule has 2 aliphatic rings. The van der Waals surface area contributed by atoms with Crippen molar-refractivity contribution in [1.82, 2.24) is 24.8 Å². The zero-order chi connectivity index (χ0) is 28.9. The number of piperidine rings is 1. The van der Waals surface area contributed by atoms with Gasteiger partial charge >= 0.3 is 5.69 Å². The first-order valence-electron chi connectivity index (χ1n) is 14.9. The number of nitrogens with zero attached hydrogens (tertiary/aromatic N) is 3. The van der Waals surface area contributed by atoms with Crippen LogP contribution < -0.4 is 22.5 Å². The smallest absolute Gasteiger partial charge is 0.354 e. The quantitative estimate of drug-likeness (QED) is 0.149. The average Bonchev–Trinajstić information content (AvgIpc) is 3.56. The predicted molar refractivity (Wildman–Crippen MR) is 167 cm³/mol. The minimum absolute atomic E-state index is 0.158. The van der Waals surface area contributed by atoms with Crippen molar-refractivity contribution in [3.8, 4) is 5.69 Å². The molecule has 0 amide bonds. The Morgan fingerprint density at radius 3 is 2.83 bits per heavy atom. The summed E-state index contributed by atoms with van der Waals surface area (Å²) in [7, 11) is 0. The van der Waals surface area contributed by atoms with Gasteiger partial charge in [-0.25, -0.2) is 4.79 Å². The van der Waals surface area contributed by atoms with Crippen LogP contribution >= 0.6 is 11.8 Å². The zero-order valence-electron chi connectivity index (χ0n) is 23.9. The van der Waals surface area contributed by atoms with Crippen molar-refractivity contribution in [3.05, 3.63) is 58.3 Å². The van der Waals surface area contributed by atoms with Gasteiger partial charge in [-0.1, -0.05) is 30.3 Å². The number of nitrogens with two attached hydrogens (primary N) is 2. The summed E-state index contributed by atoms with van der Waals surface area (Å²) in [5, 5.41) is 22.1. The average molecular weight is 581 g/mol. The lowest BCUT2D eigenvalue weighted by Crippen LogP contribution is -2.37. The van der Waals surface area contributed by atoms with Gasteiger partial charge in [0.1, 0.15) is 5.65 Å². The molecular formula is C30H44N8O2S. The maximum Gasteiger partial charge on any atom is 0.354 e. The maximum absolute atomic E-state index is 13.0. The van der Waals surface area contributed by atoms with E-state index in [2.05, 4.69) is 38.4 Å². The SMILES string of the molecule is C[C@@H](N)CCCN1C[C@H](CO)C[C@H]1c1cc2cn(-c3ccc([C@@H]4CCC[C@@H](CCSC(=N)N)N4)cc3)c(=O)nc2[nH]1. The van der Waals surface area contributed by atoms with E-state index < -0.39 is 0 Å². The molecule has 41 heavy (non-hydrogen) atoms. The lowest BCUT2D eigenvalue weighted by Gasteiger charge is -2.31. The first kappa shape index (κ1) is 29.8. The van der Waals surface area contributed by atoms with Crippen molar-refractivity contribution >= 4 is 28.0 Å². The fourth-order valence-corrected chi connectivity index (χ4v) is 7.01. The van der Waals surface area contributed by atoms with Crippen LogP contribution in [0.25, 0.3) is 16.7 Å². The van der Waals surface area contributed by atoms with Crippen molar-refractivity contribution < 1.29 is 5.11 Å². The van der Waals surface area contributed by atoms with Gasteiger partial charge in [0.25, 0.3) is 0 Å². The van der Waals surface area contributed by atoms with Crippen LogP contribution in [0.15, 0.2) is 41.3 Å². The second-order valence-corrected chi connectivity index (χ2v) is 12.9. The van der Waals surface area contributed by atoms with Crippen molar-refractivity contribution in [1.29, 1.82) is 5.41 Å². The van der Waals surface area contributed by atoms with Gasteiger partial charge in [-0.15, -0.1) is 0 Å². The molecule has 1 aromatic carbocycles. The molecule has 0 bridgehead atoms. The molecule has 8 N–H and O–H groups in total. The van der Waals surface area contributed by atoms with Gasteiger partial charge in [0, 0.05) is 54.3 Å². The van der Waals surface area contributed by atoms with Crippen molar-refractivity contribution in [2.45, 2.75) is 76.0 Å². The van der Waals surface area contributed by atoms with E-state index in [4.69, 9.17) is 16.9 Å². The van der Waals surface area contributed by atoms with Crippen LogP contribution in [0.4, 0.5) is 0 Å². The summed E-state index contributed by atoms with van der Waals surface area (Å²) in [4.78, 5) is 23.3. The van der Waals surface area contributed by atoms with E-state index in [-0.39, 0.29) is 41.5 Å². The lowest BCUT2D eigenvalue weighted by molar-refractivity contribution is 0.213. The van der Waals surface area contributed by atoms with Crippen molar-refractivity contribution in [2.24, 2.45) is 17.4 Å².